The Hall–Kier alpha value is -3.99. The van der Waals surface area contributed by atoms with Crippen LogP contribution in [-0.4, -0.2) is 11.7 Å². The molecular formula is C28H26N2O3. The third-order valence-corrected chi connectivity index (χ3v) is 6.13. The molecule has 2 heterocycles. The molecule has 5 aromatic rings. The summed E-state index contributed by atoms with van der Waals surface area (Å²) in [5, 5.41) is 4.96. The molecule has 0 radical (unpaired) electrons. The average Bonchev–Trinajstić information content (AvgIpc) is 3.21. The molecule has 5 nitrogen and oxygen atoms in total. The summed E-state index contributed by atoms with van der Waals surface area (Å²) < 4.78 is 13.6. The van der Waals surface area contributed by atoms with Gasteiger partial charge in [-0.25, -0.2) is 0 Å². The highest BCUT2D eigenvalue weighted by molar-refractivity contribution is 6.11. The number of methoxy groups -OCH3 is 1. The lowest BCUT2D eigenvalue weighted by Gasteiger charge is -2.11. The van der Waals surface area contributed by atoms with Crippen LogP contribution in [0.1, 0.15) is 18.1 Å². The highest BCUT2D eigenvalue weighted by Crippen LogP contribution is 2.41. The fourth-order valence-electron chi connectivity index (χ4n) is 4.48. The van der Waals surface area contributed by atoms with Gasteiger partial charge in [-0.3, -0.25) is 4.79 Å². The van der Waals surface area contributed by atoms with E-state index in [0.717, 1.165) is 39.0 Å². The van der Waals surface area contributed by atoms with E-state index in [4.69, 9.17) is 9.15 Å². The number of pyridine rings is 1. The smallest absolute Gasteiger partial charge is 0.262 e. The van der Waals surface area contributed by atoms with E-state index in [2.05, 4.69) is 31.3 Å². The molecule has 0 bridgehead atoms. The van der Waals surface area contributed by atoms with Crippen LogP contribution in [0.3, 0.4) is 0 Å². The molecule has 0 aliphatic heterocycles. The van der Waals surface area contributed by atoms with E-state index < -0.39 is 0 Å². The molecule has 0 amide bonds. The third kappa shape index (κ3) is 3.46. The van der Waals surface area contributed by atoms with Gasteiger partial charge in [-0.15, -0.1) is 0 Å². The molecular weight excluding hydrogens is 412 g/mol. The van der Waals surface area contributed by atoms with E-state index in [9.17, 15) is 4.79 Å². The molecule has 3 aromatic carbocycles. The van der Waals surface area contributed by atoms with Gasteiger partial charge in [-0.1, -0.05) is 42.0 Å². The molecule has 1 N–H and O–H groups in total. The quantitative estimate of drug-likeness (QED) is 0.328. The van der Waals surface area contributed by atoms with Crippen molar-refractivity contribution in [3.8, 4) is 16.9 Å². The topological polar surface area (TPSA) is 56.4 Å². The molecule has 166 valence electrons. The number of benzene rings is 3. The highest BCUT2D eigenvalue weighted by Gasteiger charge is 2.23. The average molecular weight is 439 g/mol. The summed E-state index contributed by atoms with van der Waals surface area (Å²) in [7, 11) is 1.64. The number of rotatable bonds is 5. The number of aryl methyl sites for hydroxylation is 3. The van der Waals surface area contributed by atoms with Crippen molar-refractivity contribution < 1.29 is 9.15 Å². The number of aromatic nitrogens is 1. The van der Waals surface area contributed by atoms with Crippen LogP contribution in [0.2, 0.25) is 0 Å². The predicted octanol–water partition coefficient (Wildman–Crippen LogP) is 6.80. The van der Waals surface area contributed by atoms with Gasteiger partial charge in [0.25, 0.3) is 5.56 Å². The van der Waals surface area contributed by atoms with Gasteiger partial charge in [-0.05, 0) is 62.2 Å². The first-order valence-electron chi connectivity index (χ1n) is 11.1. The summed E-state index contributed by atoms with van der Waals surface area (Å²) in [4.78, 5) is 13.7. The van der Waals surface area contributed by atoms with Crippen molar-refractivity contribution in [1.29, 1.82) is 0 Å². The standard InChI is InChI=1S/C28H26N2O3/c1-5-30-23-9-7-6-8-21(23)26-25(28(30)31)24(19-11-13-20(32-4)14-12-19)27(33-26)29-22-15-10-17(2)16-18(22)3/h6-16,29H,5H2,1-4H3. The van der Waals surface area contributed by atoms with E-state index in [1.54, 1.807) is 11.7 Å². The van der Waals surface area contributed by atoms with Crippen LogP contribution < -0.4 is 15.6 Å². The van der Waals surface area contributed by atoms with Gasteiger partial charge >= 0.3 is 0 Å². The Morgan fingerprint density at radius 3 is 2.45 bits per heavy atom. The minimum Gasteiger partial charge on any atom is -0.497 e. The van der Waals surface area contributed by atoms with Crippen molar-refractivity contribution in [2.75, 3.05) is 12.4 Å². The highest BCUT2D eigenvalue weighted by atomic mass is 16.5. The van der Waals surface area contributed by atoms with Gasteiger partial charge in [0.2, 0.25) is 5.88 Å². The number of hydrogen-bond acceptors (Lipinski definition) is 4. The monoisotopic (exact) mass is 438 g/mol. The lowest BCUT2D eigenvalue weighted by atomic mass is 10.0. The fraction of sp³-hybridized carbons (Fsp3) is 0.179. The second kappa shape index (κ2) is 8.17. The summed E-state index contributed by atoms with van der Waals surface area (Å²) >= 11 is 0. The Labute approximate surface area is 192 Å². The number of fused-ring (bicyclic) bond motifs is 3. The maximum absolute atomic E-state index is 13.7. The van der Waals surface area contributed by atoms with Crippen LogP contribution in [0.5, 0.6) is 5.75 Å². The Bertz CT molecular complexity index is 1540. The molecule has 0 atom stereocenters. The zero-order valence-electron chi connectivity index (χ0n) is 19.2. The van der Waals surface area contributed by atoms with Gasteiger partial charge in [-0.2, -0.15) is 0 Å². The van der Waals surface area contributed by atoms with Crippen molar-refractivity contribution in [3.63, 3.8) is 0 Å². The fourth-order valence-corrected chi connectivity index (χ4v) is 4.48. The van der Waals surface area contributed by atoms with Crippen LogP contribution in [-0.2, 0) is 6.54 Å². The summed E-state index contributed by atoms with van der Waals surface area (Å²) in [6.45, 7) is 6.69. The summed E-state index contributed by atoms with van der Waals surface area (Å²) in [5.74, 6) is 1.31. The molecule has 0 saturated heterocycles. The first-order chi connectivity index (χ1) is 16.0. The minimum atomic E-state index is -0.0607. The molecule has 0 unspecified atom stereocenters. The van der Waals surface area contributed by atoms with Crippen molar-refractivity contribution in [1.82, 2.24) is 4.57 Å². The van der Waals surface area contributed by atoms with E-state index in [0.29, 0.717) is 23.4 Å². The largest absolute Gasteiger partial charge is 0.497 e. The Morgan fingerprint density at radius 1 is 1.00 bits per heavy atom. The number of nitrogens with one attached hydrogen (secondary N) is 1. The van der Waals surface area contributed by atoms with E-state index in [1.165, 1.54) is 5.56 Å². The van der Waals surface area contributed by atoms with Crippen molar-refractivity contribution in [2.24, 2.45) is 0 Å². The van der Waals surface area contributed by atoms with E-state index in [1.807, 2.05) is 61.5 Å². The molecule has 5 rings (SSSR count). The molecule has 5 heteroatoms. The van der Waals surface area contributed by atoms with E-state index in [-0.39, 0.29) is 5.56 Å². The summed E-state index contributed by atoms with van der Waals surface area (Å²) in [6.07, 6.45) is 0. The maximum Gasteiger partial charge on any atom is 0.262 e. The van der Waals surface area contributed by atoms with Crippen LogP contribution >= 0.6 is 0 Å². The molecule has 0 aliphatic rings. The maximum atomic E-state index is 13.7. The van der Waals surface area contributed by atoms with Gasteiger partial charge < -0.3 is 19.0 Å². The van der Waals surface area contributed by atoms with Crippen LogP contribution in [0.15, 0.2) is 75.9 Å². The van der Waals surface area contributed by atoms with Crippen LogP contribution in [0.25, 0.3) is 33.0 Å². The predicted molar refractivity (Wildman–Crippen MR) is 135 cm³/mol. The van der Waals surface area contributed by atoms with Crippen molar-refractivity contribution in [3.05, 3.63) is 88.2 Å². The van der Waals surface area contributed by atoms with Gasteiger partial charge in [0.1, 0.15) is 5.75 Å². The number of anilines is 2. The van der Waals surface area contributed by atoms with Crippen molar-refractivity contribution in [2.45, 2.75) is 27.3 Å². The third-order valence-electron chi connectivity index (χ3n) is 6.13. The Morgan fingerprint density at radius 2 is 1.76 bits per heavy atom. The van der Waals surface area contributed by atoms with Crippen molar-refractivity contribution >= 4 is 33.4 Å². The molecule has 0 spiro atoms. The Balaban J connectivity index is 1.85. The number of hydrogen-bond donors (Lipinski definition) is 1. The van der Waals surface area contributed by atoms with E-state index >= 15 is 0 Å². The number of furan rings is 1. The molecule has 0 fully saturated rings. The summed E-state index contributed by atoms with van der Waals surface area (Å²) in [5.41, 5.74) is 6.28. The zero-order valence-corrected chi connectivity index (χ0v) is 19.2. The lowest BCUT2D eigenvalue weighted by molar-refractivity contribution is 0.415. The SMILES string of the molecule is CCn1c(=O)c2c(-c3ccc(OC)cc3)c(Nc3ccc(C)cc3C)oc2c2ccccc21. The van der Waals surface area contributed by atoms with Crippen LogP contribution in [0, 0.1) is 13.8 Å². The second-order valence-corrected chi connectivity index (χ2v) is 8.25. The normalized spacial score (nSPS) is 11.3. The second-order valence-electron chi connectivity index (χ2n) is 8.25. The lowest BCUT2D eigenvalue weighted by Crippen LogP contribution is -2.19. The minimum absolute atomic E-state index is 0.0607. The van der Waals surface area contributed by atoms with Crippen LogP contribution in [0.4, 0.5) is 11.6 Å². The zero-order chi connectivity index (χ0) is 23.1. The first kappa shape index (κ1) is 20.9. The number of para-hydroxylation sites is 1. The molecule has 2 aromatic heterocycles. The Kier molecular flexibility index (Phi) is 5.17. The first-order valence-corrected chi connectivity index (χ1v) is 11.1. The molecule has 0 saturated carbocycles. The molecule has 0 aliphatic carbocycles. The number of nitrogens with zero attached hydrogens (tertiary/aromatic N) is 1. The number of ether oxygens (including phenoxy) is 1. The summed E-state index contributed by atoms with van der Waals surface area (Å²) in [6, 6.07) is 21.8. The van der Waals surface area contributed by atoms with Gasteiger partial charge in [0.05, 0.1) is 23.6 Å². The van der Waals surface area contributed by atoms with Gasteiger partial charge in [0, 0.05) is 17.6 Å². The molecule has 33 heavy (non-hydrogen) atoms. The van der Waals surface area contributed by atoms with Gasteiger partial charge in [0.15, 0.2) is 5.58 Å².